The molecular weight excluding hydrogens is 330 g/mol. The van der Waals surface area contributed by atoms with E-state index in [1.807, 2.05) is 4.90 Å². The lowest BCUT2D eigenvalue weighted by molar-refractivity contribution is -0.126. The van der Waals surface area contributed by atoms with E-state index in [2.05, 4.69) is 10.6 Å². The fourth-order valence-corrected chi connectivity index (χ4v) is 3.43. The fraction of sp³-hybridized carbons (Fsp3) is 0.500. The topological polar surface area (TPSA) is 95.6 Å². The first kappa shape index (κ1) is 18.4. The zero-order valence-electron chi connectivity index (χ0n) is 13.9. The van der Waals surface area contributed by atoms with Gasteiger partial charge in [0.2, 0.25) is 11.8 Å². The standard InChI is InChI=1S/C16H23N3O4S/c1-17-16(21)12-6-8-19(9-7-12)11-15(20)18-13-4-3-5-14(10-13)24(2,22)23/h3-5,10,12H,6-9,11H2,1-2H3,(H,17,21)(H,18,20). The Morgan fingerprint density at radius 2 is 1.92 bits per heavy atom. The van der Waals surface area contributed by atoms with Crippen molar-refractivity contribution in [2.24, 2.45) is 5.92 Å². The first-order chi connectivity index (χ1) is 11.3. The molecule has 0 atom stereocenters. The van der Waals surface area contributed by atoms with Crippen LogP contribution in [0.2, 0.25) is 0 Å². The van der Waals surface area contributed by atoms with E-state index in [0.29, 0.717) is 18.8 Å². The van der Waals surface area contributed by atoms with E-state index in [-0.39, 0.29) is 29.2 Å². The van der Waals surface area contributed by atoms with Gasteiger partial charge in [-0.25, -0.2) is 8.42 Å². The van der Waals surface area contributed by atoms with Gasteiger partial charge in [-0.2, -0.15) is 0 Å². The van der Waals surface area contributed by atoms with Crippen LogP contribution in [0.15, 0.2) is 29.2 Å². The molecule has 1 saturated heterocycles. The normalized spacial score (nSPS) is 16.6. The van der Waals surface area contributed by atoms with Crippen LogP contribution >= 0.6 is 0 Å². The zero-order chi connectivity index (χ0) is 17.7. The molecule has 2 amide bonds. The predicted octanol–water partition coefficient (Wildman–Crippen LogP) is 0.487. The summed E-state index contributed by atoms with van der Waals surface area (Å²) in [7, 11) is -1.67. The van der Waals surface area contributed by atoms with E-state index < -0.39 is 9.84 Å². The minimum atomic E-state index is -3.30. The number of anilines is 1. The first-order valence-electron chi connectivity index (χ1n) is 7.83. The van der Waals surface area contributed by atoms with Gasteiger partial charge in [-0.3, -0.25) is 14.5 Å². The number of piperidine rings is 1. The molecule has 1 aromatic carbocycles. The third kappa shape index (κ3) is 5.04. The minimum Gasteiger partial charge on any atom is -0.359 e. The molecule has 24 heavy (non-hydrogen) atoms. The second-order valence-electron chi connectivity index (χ2n) is 6.01. The van der Waals surface area contributed by atoms with E-state index >= 15 is 0 Å². The summed E-state index contributed by atoms with van der Waals surface area (Å²) in [4.78, 5) is 25.9. The Morgan fingerprint density at radius 3 is 2.50 bits per heavy atom. The maximum absolute atomic E-state index is 12.1. The van der Waals surface area contributed by atoms with E-state index in [9.17, 15) is 18.0 Å². The number of nitrogens with zero attached hydrogens (tertiary/aromatic N) is 1. The van der Waals surface area contributed by atoms with Gasteiger partial charge in [0.1, 0.15) is 0 Å². The number of hydrogen-bond acceptors (Lipinski definition) is 5. The molecular formula is C16H23N3O4S. The van der Waals surface area contributed by atoms with Crippen molar-refractivity contribution in [2.75, 3.05) is 38.3 Å². The van der Waals surface area contributed by atoms with Crippen molar-refractivity contribution in [2.45, 2.75) is 17.7 Å². The summed E-state index contributed by atoms with van der Waals surface area (Å²) >= 11 is 0. The summed E-state index contributed by atoms with van der Waals surface area (Å²) in [5.41, 5.74) is 0.461. The molecule has 2 rings (SSSR count). The Morgan fingerprint density at radius 1 is 1.25 bits per heavy atom. The van der Waals surface area contributed by atoms with Crippen LogP contribution in [0.25, 0.3) is 0 Å². The number of likely N-dealkylation sites (tertiary alicyclic amines) is 1. The summed E-state index contributed by atoms with van der Waals surface area (Å²) < 4.78 is 23.1. The summed E-state index contributed by atoms with van der Waals surface area (Å²) in [6.07, 6.45) is 2.59. The third-order valence-corrected chi connectivity index (χ3v) is 5.23. The lowest BCUT2D eigenvalue weighted by Crippen LogP contribution is -2.42. The fourth-order valence-electron chi connectivity index (χ4n) is 2.77. The quantitative estimate of drug-likeness (QED) is 0.803. The summed E-state index contributed by atoms with van der Waals surface area (Å²) in [6.45, 7) is 1.60. The monoisotopic (exact) mass is 353 g/mol. The molecule has 0 saturated carbocycles. The highest BCUT2D eigenvalue weighted by Gasteiger charge is 2.25. The number of carbonyl (C=O) groups is 2. The number of hydrogen-bond donors (Lipinski definition) is 2. The Balaban J connectivity index is 1.87. The summed E-state index contributed by atoms with van der Waals surface area (Å²) in [6, 6.07) is 6.20. The van der Waals surface area contributed by atoms with Gasteiger partial charge in [0.25, 0.3) is 0 Å². The van der Waals surface area contributed by atoms with Crippen LogP contribution in [-0.2, 0) is 19.4 Å². The van der Waals surface area contributed by atoms with Crippen LogP contribution in [0, 0.1) is 5.92 Å². The van der Waals surface area contributed by atoms with E-state index in [1.165, 1.54) is 12.1 Å². The van der Waals surface area contributed by atoms with E-state index in [0.717, 1.165) is 19.1 Å². The highest BCUT2D eigenvalue weighted by molar-refractivity contribution is 7.90. The smallest absolute Gasteiger partial charge is 0.238 e. The van der Waals surface area contributed by atoms with Crippen molar-refractivity contribution in [3.05, 3.63) is 24.3 Å². The van der Waals surface area contributed by atoms with Gasteiger partial charge in [0, 0.05) is 24.9 Å². The maximum atomic E-state index is 12.1. The number of nitrogens with one attached hydrogen (secondary N) is 2. The van der Waals surface area contributed by atoms with Crippen LogP contribution in [0.1, 0.15) is 12.8 Å². The van der Waals surface area contributed by atoms with Crippen molar-refractivity contribution in [3.63, 3.8) is 0 Å². The number of sulfone groups is 1. The molecule has 0 radical (unpaired) electrons. The van der Waals surface area contributed by atoms with Gasteiger partial charge in [-0.15, -0.1) is 0 Å². The van der Waals surface area contributed by atoms with Gasteiger partial charge in [0.15, 0.2) is 9.84 Å². The van der Waals surface area contributed by atoms with Crippen LogP contribution in [-0.4, -0.2) is 58.1 Å². The Kier molecular flexibility index (Phi) is 5.95. The van der Waals surface area contributed by atoms with Crippen molar-refractivity contribution in [1.82, 2.24) is 10.2 Å². The van der Waals surface area contributed by atoms with Crippen LogP contribution in [0.3, 0.4) is 0 Å². The lowest BCUT2D eigenvalue weighted by Gasteiger charge is -2.30. The number of rotatable bonds is 5. The number of carbonyl (C=O) groups excluding carboxylic acids is 2. The second-order valence-corrected chi connectivity index (χ2v) is 8.03. The SMILES string of the molecule is CNC(=O)C1CCN(CC(=O)Nc2cccc(S(C)(=O)=O)c2)CC1. The van der Waals surface area contributed by atoms with Crippen molar-refractivity contribution < 1.29 is 18.0 Å². The molecule has 132 valence electrons. The molecule has 0 spiro atoms. The molecule has 2 N–H and O–H groups in total. The highest BCUT2D eigenvalue weighted by atomic mass is 32.2. The average Bonchev–Trinajstić information content (AvgIpc) is 2.54. The van der Waals surface area contributed by atoms with Gasteiger partial charge < -0.3 is 10.6 Å². The Labute approximate surface area is 142 Å². The maximum Gasteiger partial charge on any atom is 0.238 e. The summed E-state index contributed by atoms with van der Waals surface area (Å²) in [5, 5.41) is 5.38. The van der Waals surface area contributed by atoms with Gasteiger partial charge in [-0.05, 0) is 44.1 Å². The number of amides is 2. The average molecular weight is 353 g/mol. The Hall–Kier alpha value is -1.93. The molecule has 1 fully saturated rings. The molecule has 0 unspecified atom stereocenters. The molecule has 8 heteroatoms. The number of benzene rings is 1. The molecule has 7 nitrogen and oxygen atoms in total. The summed E-state index contributed by atoms with van der Waals surface area (Å²) in [5.74, 6) is -0.128. The molecule has 0 aromatic heterocycles. The molecule has 1 aromatic rings. The predicted molar refractivity (Wildman–Crippen MR) is 91.4 cm³/mol. The molecule has 0 bridgehead atoms. The van der Waals surface area contributed by atoms with E-state index in [1.54, 1.807) is 19.2 Å². The lowest BCUT2D eigenvalue weighted by atomic mass is 9.96. The molecule has 1 aliphatic heterocycles. The molecule has 1 aliphatic rings. The Bertz CT molecular complexity index is 710. The van der Waals surface area contributed by atoms with Crippen molar-refractivity contribution in [3.8, 4) is 0 Å². The molecule has 0 aliphatic carbocycles. The van der Waals surface area contributed by atoms with Crippen LogP contribution in [0.5, 0.6) is 0 Å². The molecule has 1 heterocycles. The van der Waals surface area contributed by atoms with Gasteiger partial charge in [-0.1, -0.05) is 6.07 Å². The van der Waals surface area contributed by atoms with Gasteiger partial charge >= 0.3 is 0 Å². The van der Waals surface area contributed by atoms with E-state index in [4.69, 9.17) is 0 Å². The zero-order valence-corrected chi connectivity index (χ0v) is 14.7. The van der Waals surface area contributed by atoms with Gasteiger partial charge in [0.05, 0.1) is 11.4 Å². The van der Waals surface area contributed by atoms with Crippen molar-refractivity contribution >= 4 is 27.3 Å². The second kappa shape index (κ2) is 7.76. The van der Waals surface area contributed by atoms with Crippen LogP contribution in [0.4, 0.5) is 5.69 Å². The largest absolute Gasteiger partial charge is 0.359 e. The van der Waals surface area contributed by atoms with Crippen molar-refractivity contribution in [1.29, 1.82) is 0 Å². The van der Waals surface area contributed by atoms with Crippen LogP contribution < -0.4 is 10.6 Å². The first-order valence-corrected chi connectivity index (χ1v) is 9.72. The highest BCUT2D eigenvalue weighted by Crippen LogP contribution is 2.18. The third-order valence-electron chi connectivity index (χ3n) is 4.12. The minimum absolute atomic E-state index is 0.0146.